The number of nitrogens with zero attached hydrogens (tertiary/aromatic N) is 5. The maximum absolute atomic E-state index is 6.45. The highest BCUT2D eigenvalue weighted by atomic mass is 35.5. The van der Waals surface area contributed by atoms with Crippen LogP contribution in [0.5, 0.6) is 5.88 Å². The third-order valence-corrected chi connectivity index (χ3v) is 4.92. The molecule has 0 saturated carbocycles. The second-order valence-corrected chi connectivity index (χ2v) is 6.76. The molecule has 26 heavy (non-hydrogen) atoms. The topological polar surface area (TPSA) is 89.5 Å². The van der Waals surface area contributed by atoms with Gasteiger partial charge in [-0.05, 0) is 37.2 Å². The molecule has 4 aromatic rings. The minimum Gasteiger partial charge on any atom is -0.477 e. The largest absolute Gasteiger partial charge is 0.477 e. The Labute approximate surface area is 158 Å². The second kappa shape index (κ2) is 7.05. The van der Waals surface area contributed by atoms with Crippen molar-refractivity contribution < 1.29 is 4.74 Å². The molecule has 0 fully saturated rings. The standard InChI is InChI=1S/C17H15ClN6OS/c1-3-9-13(18)12-15(21-9)23-17(24-16(12)25-4-2)26-11-8-20-10-6-5-7-19-14(10)22-11/h5-8H,3-4H2,1-2H3,(H,21,23,24). The van der Waals surface area contributed by atoms with Crippen molar-refractivity contribution in [3.8, 4) is 5.88 Å². The number of nitrogens with one attached hydrogen (secondary N) is 1. The van der Waals surface area contributed by atoms with Gasteiger partial charge in [0.15, 0.2) is 10.8 Å². The lowest BCUT2D eigenvalue weighted by atomic mass is 10.3. The summed E-state index contributed by atoms with van der Waals surface area (Å²) in [5.41, 5.74) is 2.89. The first kappa shape index (κ1) is 17.0. The van der Waals surface area contributed by atoms with Crippen LogP contribution in [0, 0.1) is 0 Å². The van der Waals surface area contributed by atoms with Crippen molar-refractivity contribution in [2.24, 2.45) is 0 Å². The lowest BCUT2D eigenvalue weighted by molar-refractivity contribution is 0.328. The van der Waals surface area contributed by atoms with Crippen LogP contribution in [0.4, 0.5) is 0 Å². The van der Waals surface area contributed by atoms with Crippen molar-refractivity contribution in [1.29, 1.82) is 0 Å². The number of aromatic nitrogens is 6. The molecule has 0 amide bonds. The van der Waals surface area contributed by atoms with Gasteiger partial charge >= 0.3 is 0 Å². The predicted molar refractivity (Wildman–Crippen MR) is 101 cm³/mol. The van der Waals surface area contributed by atoms with Gasteiger partial charge in [0.1, 0.15) is 16.2 Å². The lowest BCUT2D eigenvalue weighted by Crippen LogP contribution is -1.98. The number of ether oxygens (including phenoxy) is 1. The van der Waals surface area contributed by atoms with E-state index in [-0.39, 0.29) is 0 Å². The van der Waals surface area contributed by atoms with Crippen LogP contribution in [0.15, 0.2) is 34.7 Å². The van der Waals surface area contributed by atoms with Crippen molar-refractivity contribution in [2.75, 3.05) is 6.61 Å². The van der Waals surface area contributed by atoms with Gasteiger partial charge in [0, 0.05) is 11.9 Å². The Morgan fingerprint density at radius 3 is 2.88 bits per heavy atom. The molecule has 0 aromatic carbocycles. The third-order valence-electron chi connectivity index (χ3n) is 3.74. The van der Waals surface area contributed by atoms with E-state index in [2.05, 4.69) is 29.9 Å². The van der Waals surface area contributed by atoms with Crippen LogP contribution in [0.2, 0.25) is 5.02 Å². The van der Waals surface area contributed by atoms with Crippen molar-refractivity contribution in [3.63, 3.8) is 0 Å². The molecule has 0 bridgehead atoms. The molecule has 0 unspecified atom stereocenters. The minimum atomic E-state index is 0.466. The Bertz CT molecular complexity index is 1100. The van der Waals surface area contributed by atoms with Gasteiger partial charge in [-0.25, -0.2) is 15.0 Å². The molecule has 9 heteroatoms. The average Bonchev–Trinajstić information content (AvgIpc) is 2.98. The van der Waals surface area contributed by atoms with Crippen molar-refractivity contribution in [1.82, 2.24) is 29.9 Å². The molecule has 0 saturated heterocycles. The SMILES string of the molecule is CCOc1nc(Sc2cnc3cccnc3n2)nc2[nH]c(CC)c(Cl)c12. The number of fused-ring (bicyclic) bond motifs is 2. The maximum Gasteiger partial charge on any atom is 0.228 e. The number of aromatic amines is 1. The zero-order chi connectivity index (χ0) is 18.1. The van der Waals surface area contributed by atoms with Gasteiger partial charge in [-0.3, -0.25) is 4.98 Å². The summed E-state index contributed by atoms with van der Waals surface area (Å²) in [5.74, 6) is 0.466. The Hall–Kier alpha value is -2.45. The highest BCUT2D eigenvalue weighted by molar-refractivity contribution is 7.99. The van der Waals surface area contributed by atoms with Crippen molar-refractivity contribution >= 4 is 45.6 Å². The molecule has 1 N–H and O–H groups in total. The van der Waals surface area contributed by atoms with E-state index in [4.69, 9.17) is 16.3 Å². The van der Waals surface area contributed by atoms with Gasteiger partial charge in [-0.2, -0.15) is 4.98 Å². The number of hydrogen-bond acceptors (Lipinski definition) is 7. The van der Waals surface area contributed by atoms with E-state index < -0.39 is 0 Å². The van der Waals surface area contributed by atoms with E-state index in [9.17, 15) is 0 Å². The molecular formula is C17H15ClN6OS. The van der Waals surface area contributed by atoms with Crippen LogP contribution in [0.3, 0.4) is 0 Å². The average molecular weight is 387 g/mol. The molecule has 4 heterocycles. The molecule has 0 aliphatic rings. The van der Waals surface area contributed by atoms with Gasteiger partial charge in [-0.15, -0.1) is 0 Å². The summed E-state index contributed by atoms with van der Waals surface area (Å²) in [5, 5.41) is 2.48. The molecule has 0 atom stereocenters. The van der Waals surface area contributed by atoms with Crippen molar-refractivity contribution in [2.45, 2.75) is 30.5 Å². The molecule has 4 aromatic heterocycles. The molecule has 7 nitrogen and oxygen atoms in total. The van der Waals surface area contributed by atoms with E-state index in [0.29, 0.717) is 44.4 Å². The summed E-state index contributed by atoms with van der Waals surface area (Å²) in [4.78, 5) is 25.4. The molecule has 0 radical (unpaired) electrons. The van der Waals surface area contributed by atoms with Crippen LogP contribution in [0.25, 0.3) is 22.2 Å². The molecular weight excluding hydrogens is 372 g/mol. The van der Waals surface area contributed by atoms with Crippen molar-refractivity contribution in [3.05, 3.63) is 35.2 Å². The van der Waals surface area contributed by atoms with Crippen LogP contribution in [-0.4, -0.2) is 36.5 Å². The minimum absolute atomic E-state index is 0.466. The second-order valence-electron chi connectivity index (χ2n) is 5.40. The monoisotopic (exact) mass is 386 g/mol. The number of H-pyrrole nitrogens is 1. The first-order chi connectivity index (χ1) is 12.7. The number of halogens is 1. The summed E-state index contributed by atoms with van der Waals surface area (Å²) in [6.07, 6.45) is 4.14. The predicted octanol–water partition coefficient (Wildman–Crippen LogP) is 4.06. The fourth-order valence-electron chi connectivity index (χ4n) is 2.56. The molecule has 0 aliphatic carbocycles. The summed E-state index contributed by atoms with van der Waals surface area (Å²) in [6, 6.07) is 3.70. The number of pyridine rings is 1. The molecule has 4 rings (SSSR count). The first-order valence-electron chi connectivity index (χ1n) is 8.16. The Kier molecular flexibility index (Phi) is 4.60. The number of rotatable bonds is 5. The van der Waals surface area contributed by atoms with Crippen LogP contribution in [0.1, 0.15) is 19.5 Å². The fourth-order valence-corrected chi connectivity index (χ4v) is 3.61. The normalized spacial score (nSPS) is 11.3. The van der Waals surface area contributed by atoms with E-state index in [1.165, 1.54) is 11.8 Å². The van der Waals surface area contributed by atoms with Gasteiger partial charge in [0.2, 0.25) is 5.88 Å². The number of hydrogen-bond donors (Lipinski definition) is 1. The van der Waals surface area contributed by atoms with Crippen LogP contribution in [-0.2, 0) is 6.42 Å². The van der Waals surface area contributed by atoms with Crippen LogP contribution >= 0.6 is 23.4 Å². The van der Waals surface area contributed by atoms with E-state index in [0.717, 1.165) is 17.6 Å². The third kappa shape index (κ3) is 3.06. The zero-order valence-corrected chi connectivity index (χ0v) is 15.7. The first-order valence-corrected chi connectivity index (χ1v) is 9.35. The van der Waals surface area contributed by atoms with E-state index in [1.54, 1.807) is 12.4 Å². The van der Waals surface area contributed by atoms with Gasteiger partial charge in [-0.1, -0.05) is 18.5 Å². The summed E-state index contributed by atoms with van der Waals surface area (Å²) in [6.45, 7) is 4.42. The van der Waals surface area contributed by atoms with E-state index in [1.807, 2.05) is 26.0 Å². The lowest BCUT2D eigenvalue weighted by Gasteiger charge is -2.06. The molecule has 132 valence electrons. The highest BCUT2D eigenvalue weighted by Crippen LogP contribution is 2.35. The highest BCUT2D eigenvalue weighted by Gasteiger charge is 2.18. The Morgan fingerprint density at radius 1 is 1.19 bits per heavy atom. The van der Waals surface area contributed by atoms with Gasteiger partial charge in [0.25, 0.3) is 0 Å². The molecule has 0 spiro atoms. The Morgan fingerprint density at radius 2 is 2.08 bits per heavy atom. The summed E-state index contributed by atoms with van der Waals surface area (Å²) < 4.78 is 5.69. The van der Waals surface area contributed by atoms with Crippen LogP contribution < -0.4 is 4.74 Å². The van der Waals surface area contributed by atoms with Gasteiger partial charge < -0.3 is 9.72 Å². The number of aryl methyl sites for hydroxylation is 1. The zero-order valence-electron chi connectivity index (χ0n) is 14.2. The van der Waals surface area contributed by atoms with E-state index >= 15 is 0 Å². The van der Waals surface area contributed by atoms with Gasteiger partial charge in [0.05, 0.1) is 23.2 Å². The summed E-state index contributed by atoms with van der Waals surface area (Å²) in [7, 11) is 0. The fraction of sp³-hybridized carbons (Fsp3) is 0.235. The maximum atomic E-state index is 6.45. The summed E-state index contributed by atoms with van der Waals surface area (Å²) >= 11 is 7.75. The molecule has 0 aliphatic heterocycles. The smallest absolute Gasteiger partial charge is 0.228 e. The Balaban J connectivity index is 1.77. The quantitative estimate of drug-likeness (QED) is 0.517.